The zero-order valence-electron chi connectivity index (χ0n) is 10.3. The number of carbonyl (C=O) groups is 1. The predicted molar refractivity (Wildman–Crippen MR) is 64.9 cm³/mol. The molecule has 0 spiro atoms. The normalized spacial score (nSPS) is 10.0. The Morgan fingerprint density at radius 2 is 2.22 bits per heavy atom. The lowest BCUT2D eigenvalue weighted by molar-refractivity contribution is 0.146. The highest BCUT2D eigenvalue weighted by Crippen LogP contribution is 2.27. The lowest BCUT2D eigenvalue weighted by atomic mass is 10.2. The minimum absolute atomic E-state index is 0.179. The number of nitrogens with one attached hydrogen (secondary N) is 1. The van der Waals surface area contributed by atoms with Gasteiger partial charge in [-0.1, -0.05) is 0 Å². The van der Waals surface area contributed by atoms with E-state index in [9.17, 15) is 9.18 Å². The number of nitrogens with two attached hydrogens (primary N) is 1. The van der Waals surface area contributed by atoms with Gasteiger partial charge in [-0.15, -0.1) is 0 Å². The molecule has 0 saturated heterocycles. The number of hydrogen-bond acceptors (Lipinski definition) is 4. The summed E-state index contributed by atoms with van der Waals surface area (Å²) in [5.41, 5.74) is 0.270. The van der Waals surface area contributed by atoms with Gasteiger partial charge in [0.1, 0.15) is 23.9 Å². The summed E-state index contributed by atoms with van der Waals surface area (Å²) >= 11 is 0. The van der Waals surface area contributed by atoms with Crippen LogP contribution in [0.4, 0.5) is 14.9 Å². The fraction of sp³-hybridized carbons (Fsp3) is 0.364. The van der Waals surface area contributed by atoms with E-state index >= 15 is 0 Å². The number of benzene rings is 1. The zero-order valence-corrected chi connectivity index (χ0v) is 10.3. The minimum Gasteiger partial charge on any atom is -0.489 e. The average Bonchev–Trinajstić information content (AvgIpc) is 2.37. The Balaban J connectivity index is 2.91. The molecule has 0 atom stereocenters. The third-order valence-electron chi connectivity index (χ3n) is 2.16. The molecule has 0 saturated carbocycles. The Morgan fingerprint density at radius 1 is 1.50 bits per heavy atom. The largest absolute Gasteiger partial charge is 0.489 e. The average molecular weight is 257 g/mol. The van der Waals surface area contributed by atoms with E-state index in [0.717, 1.165) is 11.1 Å². The SMILES string of the molecule is CNC(=O)N(N)c1ccc(F)cc1OCCOC. The number of ether oxygens (including phenoxy) is 2. The standard InChI is InChI=1S/C11H16FN3O3/c1-14-11(16)15(13)9-4-3-8(12)7-10(9)18-6-5-17-2/h3-4,7H,5-6,13H2,1-2H3,(H,14,16). The van der Waals surface area contributed by atoms with Crippen LogP contribution in [0, 0.1) is 5.82 Å². The van der Waals surface area contributed by atoms with Crippen molar-refractivity contribution in [1.82, 2.24) is 5.32 Å². The predicted octanol–water partition coefficient (Wildman–Crippen LogP) is 0.870. The first-order valence-electron chi connectivity index (χ1n) is 5.28. The smallest absolute Gasteiger partial charge is 0.336 e. The number of amides is 2. The van der Waals surface area contributed by atoms with Crippen LogP contribution in [0.25, 0.3) is 0 Å². The highest BCUT2D eigenvalue weighted by atomic mass is 19.1. The molecule has 0 aliphatic heterocycles. The highest BCUT2D eigenvalue weighted by Gasteiger charge is 2.15. The number of anilines is 1. The van der Waals surface area contributed by atoms with Crippen LogP contribution >= 0.6 is 0 Å². The molecule has 1 aromatic rings. The summed E-state index contributed by atoms with van der Waals surface area (Å²) < 4.78 is 23.3. The molecule has 0 fully saturated rings. The number of halogens is 1. The molecule has 0 aliphatic rings. The van der Waals surface area contributed by atoms with Crippen molar-refractivity contribution in [3.8, 4) is 5.75 Å². The maximum atomic E-state index is 13.1. The third kappa shape index (κ3) is 3.57. The fourth-order valence-corrected chi connectivity index (χ4v) is 1.27. The van der Waals surface area contributed by atoms with Gasteiger partial charge >= 0.3 is 6.03 Å². The van der Waals surface area contributed by atoms with Crippen LogP contribution in [0.3, 0.4) is 0 Å². The van der Waals surface area contributed by atoms with Crippen molar-refractivity contribution in [1.29, 1.82) is 0 Å². The number of carbonyl (C=O) groups excluding carboxylic acids is 1. The van der Waals surface area contributed by atoms with E-state index < -0.39 is 11.8 Å². The monoisotopic (exact) mass is 257 g/mol. The number of rotatable bonds is 5. The van der Waals surface area contributed by atoms with Gasteiger partial charge in [0.2, 0.25) is 0 Å². The summed E-state index contributed by atoms with van der Waals surface area (Å²) in [6.45, 7) is 0.578. The maximum Gasteiger partial charge on any atom is 0.336 e. The van der Waals surface area contributed by atoms with Crippen LogP contribution in [-0.2, 0) is 4.74 Å². The Hall–Kier alpha value is -1.86. The summed E-state index contributed by atoms with van der Waals surface area (Å²) in [4.78, 5) is 11.4. The lowest BCUT2D eigenvalue weighted by Gasteiger charge is -2.19. The molecule has 1 aromatic carbocycles. The summed E-state index contributed by atoms with van der Waals surface area (Å²) in [6, 6.07) is 3.19. The number of hydrogen-bond donors (Lipinski definition) is 2. The van der Waals surface area contributed by atoms with Gasteiger partial charge in [0.15, 0.2) is 0 Å². The van der Waals surface area contributed by atoms with E-state index in [1.807, 2.05) is 0 Å². The molecule has 0 radical (unpaired) electrons. The quantitative estimate of drug-likeness (QED) is 0.355. The fourth-order valence-electron chi connectivity index (χ4n) is 1.27. The number of nitrogens with zero attached hydrogens (tertiary/aromatic N) is 1. The Labute approximate surface area is 104 Å². The molecule has 2 amide bonds. The van der Waals surface area contributed by atoms with Gasteiger partial charge in [-0.25, -0.2) is 20.0 Å². The molecule has 0 heterocycles. The molecule has 7 heteroatoms. The maximum absolute atomic E-state index is 13.1. The van der Waals surface area contributed by atoms with Crippen molar-refractivity contribution in [2.24, 2.45) is 5.84 Å². The van der Waals surface area contributed by atoms with Crippen LogP contribution in [-0.4, -0.2) is 33.4 Å². The second-order valence-corrected chi connectivity index (χ2v) is 3.38. The number of hydrazine groups is 1. The summed E-state index contributed by atoms with van der Waals surface area (Å²) in [5.74, 6) is 5.30. The molecule has 0 unspecified atom stereocenters. The van der Waals surface area contributed by atoms with Gasteiger partial charge in [-0.2, -0.15) is 0 Å². The summed E-state index contributed by atoms with van der Waals surface area (Å²) in [6.07, 6.45) is 0. The van der Waals surface area contributed by atoms with E-state index in [1.54, 1.807) is 0 Å². The van der Waals surface area contributed by atoms with E-state index in [1.165, 1.54) is 26.3 Å². The molecule has 1 rings (SSSR count). The third-order valence-corrected chi connectivity index (χ3v) is 2.16. The van der Waals surface area contributed by atoms with Gasteiger partial charge < -0.3 is 14.8 Å². The Kier molecular flexibility index (Phi) is 5.34. The van der Waals surface area contributed by atoms with E-state index in [4.69, 9.17) is 15.3 Å². The van der Waals surface area contributed by atoms with Crippen molar-refractivity contribution in [2.45, 2.75) is 0 Å². The molecule has 0 aliphatic carbocycles. The van der Waals surface area contributed by atoms with Crippen LogP contribution in [0.1, 0.15) is 0 Å². The topological polar surface area (TPSA) is 76.8 Å². The van der Waals surface area contributed by atoms with Crippen LogP contribution < -0.4 is 20.9 Å². The zero-order chi connectivity index (χ0) is 13.5. The van der Waals surface area contributed by atoms with Gasteiger partial charge in [0, 0.05) is 20.2 Å². The van der Waals surface area contributed by atoms with Crippen molar-refractivity contribution >= 4 is 11.7 Å². The van der Waals surface area contributed by atoms with Gasteiger partial charge in [0.05, 0.1) is 6.61 Å². The molecule has 100 valence electrons. The van der Waals surface area contributed by atoms with Crippen molar-refractivity contribution in [3.63, 3.8) is 0 Å². The van der Waals surface area contributed by atoms with E-state index in [2.05, 4.69) is 5.32 Å². The van der Waals surface area contributed by atoms with E-state index in [0.29, 0.717) is 6.61 Å². The van der Waals surface area contributed by atoms with Gasteiger partial charge in [-0.05, 0) is 12.1 Å². The van der Waals surface area contributed by atoms with Crippen molar-refractivity contribution in [2.75, 3.05) is 32.4 Å². The van der Waals surface area contributed by atoms with Crippen molar-refractivity contribution < 1.29 is 18.7 Å². The van der Waals surface area contributed by atoms with Gasteiger partial charge in [0.25, 0.3) is 0 Å². The molecular formula is C11H16FN3O3. The minimum atomic E-state index is -0.529. The molecular weight excluding hydrogens is 241 g/mol. The molecule has 18 heavy (non-hydrogen) atoms. The number of urea groups is 1. The van der Waals surface area contributed by atoms with Crippen LogP contribution in [0.2, 0.25) is 0 Å². The van der Waals surface area contributed by atoms with E-state index in [-0.39, 0.29) is 18.0 Å². The first-order chi connectivity index (χ1) is 8.60. The van der Waals surface area contributed by atoms with Gasteiger partial charge in [-0.3, -0.25) is 0 Å². The first-order valence-corrected chi connectivity index (χ1v) is 5.28. The van der Waals surface area contributed by atoms with Crippen LogP contribution in [0.15, 0.2) is 18.2 Å². The van der Waals surface area contributed by atoms with Crippen LogP contribution in [0.5, 0.6) is 5.75 Å². The molecule has 0 aromatic heterocycles. The second kappa shape index (κ2) is 6.77. The van der Waals surface area contributed by atoms with Crippen molar-refractivity contribution in [3.05, 3.63) is 24.0 Å². The number of methoxy groups -OCH3 is 1. The molecule has 0 bridgehead atoms. The summed E-state index contributed by atoms with van der Waals surface area (Å²) in [7, 11) is 2.97. The molecule has 6 nitrogen and oxygen atoms in total. The Bertz CT molecular complexity index is 415. The molecule has 3 N–H and O–H groups in total. The first kappa shape index (κ1) is 14.2. The Morgan fingerprint density at radius 3 is 2.83 bits per heavy atom. The summed E-state index contributed by atoms with van der Waals surface area (Å²) in [5, 5.41) is 3.21. The second-order valence-electron chi connectivity index (χ2n) is 3.38. The highest BCUT2D eigenvalue weighted by molar-refractivity contribution is 5.92. The lowest BCUT2D eigenvalue weighted by Crippen LogP contribution is -2.43.